The number of benzene rings is 2. The van der Waals surface area contributed by atoms with E-state index in [-0.39, 0.29) is 5.75 Å². The van der Waals surface area contributed by atoms with Crippen LogP contribution in [0.3, 0.4) is 0 Å². The minimum atomic E-state index is 0.176. The van der Waals surface area contributed by atoms with Crippen molar-refractivity contribution in [3.63, 3.8) is 0 Å². The summed E-state index contributed by atoms with van der Waals surface area (Å²) in [4.78, 5) is 3.78. The molecule has 0 atom stereocenters. The number of nitrogens with zero attached hydrogens (tertiary/aromatic N) is 4. The smallest absolute Gasteiger partial charge is 0.145 e. The van der Waals surface area contributed by atoms with Crippen molar-refractivity contribution >= 4 is 16.7 Å². The predicted octanol–water partition coefficient (Wildman–Crippen LogP) is 3.14. The third-order valence-electron chi connectivity index (χ3n) is 4.80. The average Bonchev–Trinajstić information content (AvgIpc) is 3.12. The van der Waals surface area contributed by atoms with Crippen LogP contribution < -0.4 is 9.64 Å². The second-order valence-corrected chi connectivity index (χ2v) is 6.70. The van der Waals surface area contributed by atoms with Crippen LogP contribution in [0, 0.1) is 0 Å². The molecule has 1 aliphatic heterocycles. The lowest BCUT2D eigenvalue weighted by Crippen LogP contribution is -2.29. The molecule has 0 aliphatic carbocycles. The molecule has 2 aromatic carbocycles. The Kier molecular flexibility index (Phi) is 5.11. The maximum absolute atomic E-state index is 10.5. The van der Waals surface area contributed by atoms with E-state index in [0.29, 0.717) is 24.4 Å². The molecule has 0 bridgehead atoms. The molecule has 1 fully saturated rings. The molecular formula is C20H24N4O3. The highest BCUT2D eigenvalue weighted by atomic mass is 16.5. The van der Waals surface area contributed by atoms with Crippen LogP contribution >= 0.6 is 0 Å². The van der Waals surface area contributed by atoms with E-state index < -0.39 is 0 Å². The fourth-order valence-corrected chi connectivity index (χ4v) is 3.36. The van der Waals surface area contributed by atoms with Crippen LogP contribution in [0.2, 0.25) is 0 Å². The SMILES string of the molecule is COCCOc1ccc2nn(-c3ccc(N4CCCCC4)cc3O)nc2c1. The van der Waals surface area contributed by atoms with Gasteiger partial charge in [0.2, 0.25) is 0 Å². The molecule has 0 saturated carbocycles. The normalized spacial score (nSPS) is 14.6. The molecular weight excluding hydrogens is 344 g/mol. The van der Waals surface area contributed by atoms with Crippen molar-refractivity contribution in [1.29, 1.82) is 0 Å². The van der Waals surface area contributed by atoms with Gasteiger partial charge in [-0.1, -0.05) is 0 Å². The summed E-state index contributed by atoms with van der Waals surface area (Å²) < 4.78 is 10.6. The molecule has 1 N–H and O–H groups in total. The number of fused-ring (bicyclic) bond motifs is 1. The number of methoxy groups -OCH3 is 1. The number of aromatic hydroxyl groups is 1. The molecule has 0 amide bonds. The van der Waals surface area contributed by atoms with Crippen LogP contribution in [0.1, 0.15) is 19.3 Å². The molecule has 1 aromatic heterocycles. The van der Waals surface area contributed by atoms with E-state index in [4.69, 9.17) is 9.47 Å². The number of phenols is 1. The zero-order valence-electron chi connectivity index (χ0n) is 15.5. The van der Waals surface area contributed by atoms with Gasteiger partial charge in [-0.2, -0.15) is 0 Å². The highest BCUT2D eigenvalue weighted by molar-refractivity contribution is 5.76. The Labute approximate surface area is 158 Å². The van der Waals surface area contributed by atoms with Crippen LogP contribution in [-0.2, 0) is 4.74 Å². The van der Waals surface area contributed by atoms with Crippen molar-refractivity contribution in [2.24, 2.45) is 0 Å². The molecule has 142 valence electrons. The Hall–Kier alpha value is -2.80. The molecule has 4 rings (SSSR count). The number of ether oxygens (including phenoxy) is 2. The van der Waals surface area contributed by atoms with Gasteiger partial charge in [-0.25, -0.2) is 0 Å². The Morgan fingerprint density at radius 1 is 0.963 bits per heavy atom. The van der Waals surface area contributed by atoms with Crippen LogP contribution in [0.25, 0.3) is 16.7 Å². The highest BCUT2D eigenvalue weighted by Crippen LogP contribution is 2.29. The molecule has 0 radical (unpaired) electrons. The Balaban J connectivity index is 1.57. The van der Waals surface area contributed by atoms with E-state index in [2.05, 4.69) is 15.1 Å². The summed E-state index contributed by atoms with van der Waals surface area (Å²) in [6.07, 6.45) is 3.67. The second kappa shape index (κ2) is 7.84. The fourth-order valence-electron chi connectivity index (χ4n) is 3.36. The second-order valence-electron chi connectivity index (χ2n) is 6.70. The van der Waals surface area contributed by atoms with E-state index in [0.717, 1.165) is 30.0 Å². The molecule has 7 heteroatoms. The summed E-state index contributed by atoms with van der Waals surface area (Å²) >= 11 is 0. The largest absolute Gasteiger partial charge is 0.506 e. The molecule has 1 aliphatic rings. The summed E-state index contributed by atoms with van der Waals surface area (Å²) in [7, 11) is 1.64. The maximum Gasteiger partial charge on any atom is 0.145 e. The molecule has 0 spiro atoms. The summed E-state index contributed by atoms with van der Waals surface area (Å²) in [5.74, 6) is 0.895. The zero-order valence-corrected chi connectivity index (χ0v) is 15.5. The monoisotopic (exact) mass is 368 g/mol. The van der Waals surface area contributed by atoms with Crippen molar-refractivity contribution in [3.05, 3.63) is 36.4 Å². The minimum absolute atomic E-state index is 0.176. The lowest BCUT2D eigenvalue weighted by molar-refractivity contribution is 0.146. The first-order valence-electron chi connectivity index (χ1n) is 9.32. The first-order chi connectivity index (χ1) is 13.2. The van der Waals surface area contributed by atoms with Gasteiger partial charge in [0, 0.05) is 38.0 Å². The highest BCUT2D eigenvalue weighted by Gasteiger charge is 2.15. The van der Waals surface area contributed by atoms with Crippen molar-refractivity contribution in [2.45, 2.75) is 19.3 Å². The maximum atomic E-state index is 10.5. The number of hydrogen-bond donors (Lipinski definition) is 1. The number of hydrogen-bond acceptors (Lipinski definition) is 6. The summed E-state index contributed by atoms with van der Waals surface area (Å²) in [6, 6.07) is 11.2. The molecule has 1 saturated heterocycles. The first kappa shape index (κ1) is 17.6. The Morgan fingerprint density at radius 2 is 1.78 bits per heavy atom. The fraction of sp³-hybridized carbons (Fsp3) is 0.400. The molecule has 2 heterocycles. The molecule has 0 unspecified atom stereocenters. The lowest BCUT2D eigenvalue weighted by Gasteiger charge is -2.29. The Morgan fingerprint density at radius 3 is 2.56 bits per heavy atom. The van der Waals surface area contributed by atoms with Gasteiger partial charge in [-0.15, -0.1) is 15.0 Å². The van der Waals surface area contributed by atoms with Crippen molar-refractivity contribution in [1.82, 2.24) is 15.0 Å². The zero-order chi connectivity index (χ0) is 18.6. The summed E-state index contributed by atoms with van der Waals surface area (Å²) in [5.41, 5.74) is 3.06. The number of phenolic OH excluding ortho intramolecular Hbond substituents is 1. The molecule has 7 nitrogen and oxygen atoms in total. The quantitative estimate of drug-likeness (QED) is 0.674. The number of aromatic nitrogens is 3. The van der Waals surface area contributed by atoms with Gasteiger partial charge in [0.05, 0.1) is 6.61 Å². The van der Waals surface area contributed by atoms with Gasteiger partial charge in [-0.05, 0) is 43.5 Å². The summed E-state index contributed by atoms with van der Waals surface area (Å²) in [5, 5.41) is 19.5. The average molecular weight is 368 g/mol. The van der Waals surface area contributed by atoms with Gasteiger partial charge in [0.15, 0.2) is 0 Å². The van der Waals surface area contributed by atoms with Gasteiger partial charge >= 0.3 is 0 Å². The van der Waals surface area contributed by atoms with E-state index in [1.165, 1.54) is 24.1 Å². The van der Waals surface area contributed by atoms with E-state index in [1.54, 1.807) is 13.2 Å². The first-order valence-corrected chi connectivity index (χ1v) is 9.32. The van der Waals surface area contributed by atoms with Crippen LogP contribution in [0.5, 0.6) is 11.5 Å². The number of anilines is 1. The molecule has 27 heavy (non-hydrogen) atoms. The Bertz CT molecular complexity index is 919. The van der Waals surface area contributed by atoms with Crippen molar-refractivity contribution in [3.8, 4) is 17.2 Å². The van der Waals surface area contributed by atoms with Crippen LogP contribution in [-0.4, -0.2) is 53.5 Å². The number of piperidine rings is 1. The standard InChI is InChI=1S/C20H24N4O3/c1-26-11-12-27-16-6-7-17-18(14-16)22-24(21-17)19-8-5-15(13-20(19)25)23-9-3-2-4-10-23/h5-8,13-14,25H,2-4,9-12H2,1H3. The number of rotatable bonds is 6. The van der Waals surface area contributed by atoms with E-state index in [9.17, 15) is 5.11 Å². The van der Waals surface area contributed by atoms with Crippen LogP contribution in [0.4, 0.5) is 5.69 Å². The van der Waals surface area contributed by atoms with Crippen LogP contribution in [0.15, 0.2) is 36.4 Å². The topological polar surface area (TPSA) is 72.6 Å². The van der Waals surface area contributed by atoms with Gasteiger partial charge in [0.1, 0.15) is 34.8 Å². The van der Waals surface area contributed by atoms with Crippen molar-refractivity contribution < 1.29 is 14.6 Å². The van der Waals surface area contributed by atoms with Gasteiger partial charge in [-0.3, -0.25) is 0 Å². The van der Waals surface area contributed by atoms with E-state index in [1.807, 2.05) is 30.3 Å². The van der Waals surface area contributed by atoms with Gasteiger partial charge < -0.3 is 19.5 Å². The molecule has 3 aromatic rings. The lowest BCUT2D eigenvalue weighted by atomic mass is 10.1. The van der Waals surface area contributed by atoms with Crippen molar-refractivity contribution in [2.75, 3.05) is 38.3 Å². The van der Waals surface area contributed by atoms with Gasteiger partial charge in [0.25, 0.3) is 0 Å². The predicted molar refractivity (Wildman–Crippen MR) is 104 cm³/mol. The third kappa shape index (κ3) is 3.83. The minimum Gasteiger partial charge on any atom is -0.506 e. The van der Waals surface area contributed by atoms with E-state index >= 15 is 0 Å². The summed E-state index contributed by atoms with van der Waals surface area (Å²) in [6.45, 7) is 3.08. The third-order valence-corrected chi connectivity index (χ3v) is 4.80.